The summed E-state index contributed by atoms with van der Waals surface area (Å²) < 4.78 is 13.5. The van der Waals surface area contributed by atoms with Crippen LogP contribution in [0.25, 0.3) is 0 Å². The smallest absolute Gasteiger partial charge is 0.247 e. The fourth-order valence-electron chi connectivity index (χ4n) is 1.96. The first-order chi connectivity index (χ1) is 7.65. The highest BCUT2D eigenvalue weighted by Crippen LogP contribution is 2.33. The van der Waals surface area contributed by atoms with Crippen molar-refractivity contribution in [3.63, 3.8) is 0 Å². The molecule has 1 atom stereocenters. The summed E-state index contributed by atoms with van der Waals surface area (Å²) in [7, 11) is 1.78. The van der Waals surface area contributed by atoms with Crippen molar-refractivity contribution in [1.29, 1.82) is 0 Å². The molecule has 0 radical (unpaired) electrons. The summed E-state index contributed by atoms with van der Waals surface area (Å²) in [5, 5.41) is 2.58. The number of fused-ring (bicyclic) bond motifs is 1. The van der Waals surface area contributed by atoms with Crippen molar-refractivity contribution in [3.05, 3.63) is 24.0 Å². The highest BCUT2D eigenvalue weighted by atomic mass is 19.1. The molecule has 1 heterocycles. The van der Waals surface area contributed by atoms with E-state index < -0.39 is 5.82 Å². The van der Waals surface area contributed by atoms with Gasteiger partial charge >= 0.3 is 0 Å². The Morgan fingerprint density at radius 2 is 2.31 bits per heavy atom. The van der Waals surface area contributed by atoms with Crippen LogP contribution in [0.3, 0.4) is 0 Å². The van der Waals surface area contributed by atoms with Crippen molar-refractivity contribution in [2.24, 2.45) is 5.73 Å². The molecule has 1 aliphatic rings. The van der Waals surface area contributed by atoms with E-state index in [2.05, 4.69) is 5.32 Å². The van der Waals surface area contributed by atoms with Crippen molar-refractivity contribution in [2.45, 2.75) is 12.5 Å². The van der Waals surface area contributed by atoms with Crippen molar-refractivity contribution in [1.82, 2.24) is 0 Å². The van der Waals surface area contributed by atoms with Gasteiger partial charge in [0.05, 0.1) is 5.69 Å². The topological polar surface area (TPSA) is 58.4 Å². The second kappa shape index (κ2) is 4.09. The Hall–Kier alpha value is -1.62. The molecule has 0 saturated carbocycles. The maximum atomic E-state index is 13.5. The van der Waals surface area contributed by atoms with E-state index in [-0.39, 0.29) is 17.6 Å². The standard InChI is InChI=1S/C11H14FN3O/c1-15-8-4-2-3-7(12)10(8)14-11(16)9(15)5-6-13/h2-4,9H,5-6,13H2,1H3,(H,14,16). The molecular weight excluding hydrogens is 209 g/mol. The van der Waals surface area contributed by atoms with Crippen LogP contribution >= 0.6 is 0 Å². The number of anilines is 2. The van der Waals surface area contributed by atoms with Crippen LogP contribution in [-0.2, 0) is 4.79 Å². The molecule has 0 aliphatic carbocycles. The summed E-state index contributed by atoms with van der Waals surface area (Å²) in [5.74, 6) is -0.616. The molecule has 3 N–H and O–H groups in total. The molecule has 2 rings (SSSR count). The van der Waals surface area contributed by atoms with E-state index in [9.17, 15) is 9.18 Å². The first-order valence-electron chi connectivity index (χ1n) is 5.17. The summed E-state index contributed by atoms with van der Waals surface area (Å²) in [6.45, 7) is 0.424. The number of carbonyl (C=O) groups excluding carboxylic acids is 1. The molecule has 0 aromatic heterocycles. The summed E-state index contributed by atoms with van der Waals surface area (Å²) in [4.78, 5) is 13.5. The minimum absolute atomic E-state index is 0.203. The molecule has 0 spiro atoms. The minimum Gasteiger partial charge on any atom is -0.361 e. The third kappa shape index (κ3) is 1.63. The normalized spacial score (nSPS) is 19.3. The number of nitrogens with zero attached hydrogens (tertiary/aromatic N) is 1. The number of para-hydroxylation sites is 1. The van der Waals surface area contributed by atoms with Gasteiger partial charge < -0.3 is 16.0 Å². The predicted octanol–water partition coefficient (Wildman–Crippen LogP) is 0.931. The van der Waals surface area contributed by atoms with Crippen LogP contribution in [0.1, 0.15) is 6.42 Å². The lowest BCUT2D eigenvalue weighted by atomic mass is 10.1. The zero-order valence-corrected chi connectivity index (χ0v) is 9.03. The van der Waals surface area contributed by atoms with Crippen LogP contribution in [0.5, 0.6) is 0 Å². The Labute approximate surface area is 93.2 Å². The van der Waals surface area contributed by atoms with Crippen LogP contribution in [-0.4, -0.2) is 25.5 Å². The van der Waals surface area contributed by atoms with E-state index >= 15 is 0 Å². The Kier molecular flexibility index (Phi) is 2.78. The maximum absolute atomic E-state index is 13.5. The van der Waals surface area contributed by atoms with E-state index in [0.29, 0.717) is 18.7 Å². The highest BCUT2D eigenvalue weighted by molar-refractivity contribution is 6.03. The molecule has 4 nitrogen and oxygen atoms in total. The second-order valence-electron chi connectivity index (χ2n) is 3.83. The van der Waals surface area contributed by atoms with E-state index in [4.69, 9.17) is 5.73 Å². The number of hydrogen-bond donors (Lipinski definition) is 2. The molecule has 1 aromatic carbocycles. The maximum Gasteiger partial charge on any atom is 0.247 e. The molecular formula is C11H14FN3O. The lowest BCUT2D eigenvalue weighted by Crippen LogP contribution is -2.47. The van der Waals surface area contributed by atoms with Gasteiger partial charge in [-0.3, -0.25) is 4.79 Å². The van der Waals surface area contributed by atoms with Gasteiger partial charge in [0.1, 0.15) is 17.5 Å². The van der Waals surface area contributed by atoms with E-state index in [1.54, 1.807) is 24.1 Å². The first-order valence-corrected chi connectivity index (χ1v) is 5.17. The quantitative estimate of drug-likeness (QED) is 0.784. The number of nitrogens with two attached hydrogens (primary N) is 1. The molecule has 1 aliphatic heterocycles. The summed E-state index contributed by atoms with van der Waals surface area (Å²) in [6.07, 6.45) is 0.554. The fraction of sp³-hybridized carbons (Fsp3) is 0.364. The van der Waals surface area contributed by atoms with E-state index in [0.717, 1.165) is 0 Å². The van der Waals surface area contributed by atoms with Crippen molar-refractivity contribution in [3.8, 4) is 0 Å². The number of nitrogens with one attached hydrogen (secondary N) is 1. The van der Waals surface area contributed by atoms with Crippen LogP contribution in [0.2, 0.25) is 0 Å². The van der Waals surface area contributed by atoms with Crippen molar-refractivity contribution in [2.75, 3.05) is 23.8 Å². The number of rotatable bonds is 2. The average Bonchev–Trinajstić information content (AvgIpc) is 2.26. The van der Waals surface area contributed by atoms with Gasteiger partial charge in [-0.2, -0.15) is 0 Å². The molecule has 5 heteroatoms. The molecule has 0 bridgehead atoms. The Balaban J connectivity index is 2.41. The Morgan fingerprint density at radius 3 is 3.00 bits per heavy atom. The lowest BCUT2D eigenvalue weighted by molar-refractivity contribution is -0.117. The third-order valence-corrected chi connectivity index (χ3v) is 2.83. The van der Waals surface area contributed by atoms with Crippen LogP contribution in [0.15, 0.2) is 18.2 Å². The molecule has 1 aromatic rings. The molecule has 16 heavy (non-hydrogen) atoms. The predicted molar refractivity (Wildman–Crippen MR) is 60.9 cm³/mol. The molecule has 0 fully saturated rings. The summed E-state index contributed by atoms with van der Waals surface area (Å²) in [5.41, 5.74) is 6.40. The highest BCUT2D eigenvalue weighted by Gasteiger charge is 2.31. The van der Waals surface area contributed by atoms with E-state index in [1.807, 2.05) is 0 Å². The summed E-state index contributed by atoms with van der Waals surface area (Å²) >= 11 is 0. The molecule has 86 valence electrons. The summed E-state index contributed by atoms with van der Waals surface area (Å²) in [6, 6.07) is 4.42. The Morgan fingerprint density at radius 1 is 1.56 bits per heavy atom. The van der Waals surface area contributed by atoms with Gasteiger partial charge in [0.15, 0.2) is 0 Å². The number of amides is 1. The SMILES string of the molecule is CN1c2cccc(F)c2NC(=O)C1CCN. The zero-order chi connectivity index (χ0) is 11.7. The minimum atomic E-state index is -0.413. The number of likely N-dealkylation sites (N-methyl/N-ethyl adjacent to an activating group) is 1. The van der Waals surface area contributed by atoms with Gasteiger partial charge in [0.25, 0.3) is 0 Å². The number of halogens is 1. The number of hydrogen-bond acceptors (Lipinski definition) is 3. The van der Waals surface area contributed by atoms with Gasteiger partial charge in [-0.05, 0) is 25.1 Å². The lowest BCUT2D eigenvalue weighted by Gasteiger charge is -2.35. The number of benzene rings is 1. The third-order valence-electron chi connectivity index (χ3n) is 2.83. The first kappa shape index (κ1) is 10.9. The molecule has 0 saturated heterocycles. The van der Waals surface area contributed by atoms with Crippen molar-refractivity contribution >= 4 is 17.3 Å². The van der Waals surface area contributed by atoms with Gasteiger partial charge in [-0.1, -0.05) is 6.07 Å². The van der Waals surface area contributed by atoms with Crippen LogP contribution in [0, 0.1) is 5.82 Å². The van der Waals surface area contributed by atoms with Crippen LogP contribution < -0.4 is 16.0 Å². The van der Waals surface area contributed by atoms with Gasteiger partial charge in [0, 0.05) is 7.05 Å². The van der Waals surface area contributed by atoms with Crippen LogP contribution in [0.4, 0.5) is 15.8 Å². The average molecular weight is 223 g/mol. The molecule has 1 amide bonds. The van der Waals surface area contributed by atoms with Gasteiger partial charge in [-0.25, -0.2) is 4.39 Å². The van der Waals surface area contributed by atoms with Gasteiger partial charge in [0.2, 0.25) is 5.91 Å². The van der Waals surface area contributed by atoms with Crippen molar-refractivity contribution < 1.29 is 9.18 Å². The fourth-order valence-corrected chi connectivity index (χ4v) is 1.96. The molecule has 1 unspecified atom stereocenters. The largest absolute Gasteiger partial charge is 0.361 e. The van der Waals surface area contributed by atoms with Gasteiger partial charge in [-0.15, -0.1) is 0 Å². The van der Waals surface area contributed by atoms with E-state index in [1.165, 1.54) is 6.07 Å². The zero-order valence-electron chi connectivity index (χ0n) is 9.03. The monoisotopic (exact) mass is 223 g/mol. The number of carbonyl (C=O) groups is 1. The Bertz CT molecular complexity index is 422. The second-order valence-corrected chi connectivity index (χ2v) is 3.83.